The van der Waals surface area contributed by atoms with E-state index in [0.717, 1.165) is 12.8 Å². The molecule has 6 nitrogen and oxygen atoms in total. The summed E-state index contributed by atoms with van der Waals surface area (Å²) < 4.78 is 70.7. The topological polar surface area (TPSA) is 76.3 Å². The average Bonchev–Trinajstić information content (AvgIpc) is 3.11. The molecular weight excluding hydrogens is 371 g/mol. The molecule has 26 heavy (non-hydrogen) atoms. The van der Waals surface area contributed by atoms with Gasteiger partial charge in [-0.15, -0.1) is 0 Å². The van der Waals surface area contributed by atoms with E-state index in [1.165, 1.54) is 4.31 Å². The average molecular weight is 393 g/mol. The van der Waals surface area contributed by atoms with Crippen LogP contribution in [-0.2, 0) is 10.0 Å². The van der Waals surface area contributed by atoms with Crippen molar-refractivity contribution in [3.8, 4) is 0 Å². The summed E-state index contributed by atoms with van der Waals surface area (Å²) in [4.78, 5) is 4.40. The van der Waals surface area contributed by atoms with Crippen LogP contribution in [-0.4, -0.2) is 47.4 Å². The van der Waals surface area contributed by atoms with Crippen LogP contribution in [0.5, 0.6) is 0 Å². The summed E-state index contributed by atoms with van der Waals surface area (Å²) >= 11 is 0. The first kappa shape index (κ1) is 18.2. The van der Waals surface area contributed by atoms with Crippen LogP contribution in [0, 0.1) is 5.92 Å². The maximum Gasteiger partial charge on any atom is 0.391 e. The fourth-order valence-electron chi connectivity index (χ4n) is 3.98. The Hall–Kier alpha value is -1.16. The molecule has 1 aromatic rings. The van der Waals surface area contributed by atoms with E-state index >= 15 is 0 Å². The highest BCUT2D eigenvalue weighted by Gasteiger charge is 2.46. The largest absolute Gasteiger partial charge is 0.391 e. The molecule has 0 amide bonds. The maximum atomic E-state index is 12.8. The first-order chi connectivity index (χ1) is 12.2. The van der Waals surface area contributed by atoms with Crippen molar-refractivity contribution in [2.75, 3.05) is 13.1 Å². The van der Waals surface area contributed by atoms with Crippen LogP contribution in [0.25, 0.3) is 0 Å². The summed E-state index contributed by atoms with van der Waals surface area (Å²) in [5.41, 5.74) is 0. The fraction of sp³-hybridized carbons (Fsp3) is 0.875. The number of nitrogens with zero attached hydrogens (tertiary/aromatic N) is 3. The third-order valence-corrected chi connectivity index (χ3v) is 8.18. The lowest BCUT2D eigenvalue weighted by molar-refractivity contribution is -0.181. The van der Waals surface area contributed by atoms with Crippen molar-refractivity contribution in [3.05, 3.63) is 11.7 Å². The monoisotopic (exact) mass is 393 g/mol. The van der Waals surface area contributed by atoms with Gasteiger partial charge in [0.25, 0.3) is 0 Å². The standard InChI is InChI=1S/C16H22F3N3O3S/c17-16(18,19)12-3-5-13(6-4-12)26(23,24)22-8-7-11(9-22)15-20-14(21-25-15)10-1-2-10/h10-13H,1-9H2. The Labute approximate surface area is 150 Å². The number of hydrogen-bond donors (Lipinski definition) is 0. The van der Waals surface area contributed by atoms with Gasteiger partial charge in [0.1, 0.15) is 0 Å². The second-order valence-corrected chi connectivity index (χ2v) is 9.88. The second-order valence-electron chi connectivity index (χ2n) is 7.67. The Morgan fingerprint density at radius 3 is 2.31 bits per heavy atom. The molecule has 2 saturated carbocycles. The Morgan fingerprint density at radius 1 is 1.00 bits per heavy atom. The lowest BCUT2D eigenvalue weighted by Crippen LogP contribution is -2.40. The van der Waals surface area contributed by atoms with Crippen molar-refractivity contribution in [3.63, 3.8) is 0 Å². The van der Waals surface area contributed by atoms with E-state index in [0.29, 0.717) is 30.6 Å². The van der Waals surface area contributed by atoms with Crippen LogP contribution in [0.1, 0.15) is 68.5 Å². The smallest absolute Gasteiger partial charge is 0.339 e. The number of aromatic nitrogens is 2. The summed E-state index contributed by atoms with van der Waals surface area (Å²) in [6, 6.07) is 0. The minimum absolute atomic E-state index is 0.0695. The van der Waals surface area contributed by atoms with Gasteiger partial charge >= 0.3 is 6.18 Å². The second kappa shape index (κ2) is 6.47. The molecule has 1 atom stereocenters. The summed E-state index contributed by atoms with van der Waals surface area (Å²) in [5.74, 6) is 0.0468. The molecule has 1 saturated heterocycles. The van der Waals surface area contributed by atoms with E-state index in [9.17, 15) is 21.6 Å². The van der Waals surface area contributed by atoms with Gasteiger partial charge in [0.2, 0.25) is 15.9 Å². The van der Waals surface area contributed by atoms with Crippen molar-refractivity contribution in [2.24, 2.45) is 5.92 Å². The molecule has 146 valence electrons. The molecule has 2 aliphatic carbocycles. The molecule has 2 heterocycles. The molecule has 0 spiro atoms. The Bertz CT molecular complexity index is 752. The zero-order valence-electron chi connectivity index (χ0n) is 14.3. The van der Waals surface area contributed by atoms with Crippen molar-refractivity contribution in [1.82, 2.24) is 14.4 Å². The maximum absolute atomic E-state index is 12.8. The van der Waals surface area contributed by atoms with Crippen molar-refractivity contribution >= 4 is 10.0 Å². The third kappa shape index (κ3) is 3.49. The number of alkyl halides is 3. The van der Waals surface area contributed by atoms with Gasteiger partial charge in [0.15, 0.2) is 5.82 Å². The number of sulfonamides is 1. The molecule has 4 rings (SSSR count). The molecule has 3 fully saturated rings. The van der Waals surface area contributed by atoms with E-state index in [1.807, 2.05) is 0 Å². The molecule has 0 bridgehead atoms. The van der Waals surface area contributed by atoms with Gasteiger partial charge in [0.05, 0.1) is 17.1 Å². The summed E-state index contributed by atoms with van der Waals surface area (Å²) in [6.45, 7) is 0.626. The lowest BCUT2D eigenvalue weighted by atomic mass is 9.88. The molecular formula is C16H22F3N3O3S. The number of rotatable bonds is 4. The third-order valence-electron chi connectivity index (χ3n) is 5.82. The van der Waals surface area contributed by atoms with Crippen LogP contribution >= 0.6 is 0 Å². The quantitative estimate of drug-likeness (QED) is 0.785. The normalized spacial score (nSPS) is 31.4. The molecule has 1 aliphatic heterocycles. The zero-order valence-corrected chi connectivity index (χ0v) is 15.1. The van der Waals surface area contributed by atoms with Gasteiger partial charge in [0, 0.05) is 19.0 Å². The van der Waals surface area contributed by atoms with Crippen LogP contribution in [0.2, 0.25) is 0 Å². The molecule has 10 heteroatoms. The van der Waals surface area contributed by atoms with Crippen molar-refractivity contribution < 1.29 is 26.1 Å². The van der Waals surface area contributed by atoms with Crippen LogP contribution in [0.15, 0.2) is 4.52 Å². The summed E-state index contributed by atoms with van der Waals surface area (Å²) in [5, 5.41) is 3.25. The van der Waals surface area contributed by atoms with Crippen LogP contribution in [0.4, 0.5) is 13.2 Å². The minimum atomic E-state index is -4.23. The number of halogens is 3. The predicted molar refractivity (Wildman–Crippen MR) is 85.9 cm³/mol. The van der Waals surface area contributed by atoms with Crippen LogP contribution < -0.4 is 0 Å². The highest BCUT2D eigenvalue weighted by Crippen LogP contribution is 2.41. The molecule has 0 N–H and O–H groups in total. The summed E-state index contributed by atoms with van der Waals surface area (Å²) in [7, 11) is -3.59. The first-order valence-corrected chi connectivity index (χ1v) is 10.6. The van der Waals surface area contributed by atoms with E-state index in [2.05, 4.69) is 10.1 Å². The Balaban J connectivity index is 1.38. The molecule has 3 aliphatic rings. The van der Waals surface area contributed by atoms with E-state index in [4.69, 9.17) is 4.52 Å². The van der Waals surface area contributed by atoms with Crippen LogP contribution in [0.3, 0.4) is 0 Å². The molecule has 1 aromatic heterocycles. The van der Waals surface area contributed by atoms with Gasteiger partial charge < -0.3 is 4.52 Å². The highest BCUT2D eigenvalue weighted by atomic mass is 32.2. The minimum Gasteiger partial charge on any atom is -0.339 e. The number of hydrogen-bond acceptors (Lipinski definition) is 5. The zero-order chi connectivity index (χ0) is 18.5. The van der Waals surface area contributed by atoms with Gasteiger partial charge in [-0.25, -0.2) is 12.7 Å². The van der Waals surface area contributed by atoms with Gasteiger partial charge in [-0.3, -0.25) is 0 Å². The van der Waals surface area contributed by atoms with Crippen molar-refractivity contribution in [1.29, 1.82) is 0 Å². The SMILES string of the molecule is O=S(=O)(C1CCC(C(F)(F)F)CC1)N1CCC(c2nc(C3CC3)no2)C1. The van der Waals surface area contributed by atoms with Gasteiger partial charge in [-0.1, -0.05) is 5.16 Å². The Morgan fingerprint density at radius 2 is 1.69 bits per heavy atom. The first-order valence-electron chi connectivity index (χ1n) is 9.14. The Kier molecular flexibility index (Phi) is 4.53. The van der Waals surface area contributed by atoms with E-state index in [-0.39, 0.29) is 38.1 Å². The van der Waals surface area contributed by atoms with Gasteiger partial charge in [-0.2, -0.15) is 18.2 Å². The highest BCUT2D eigenvalue weighted by molar-refractivity contribution is 7.89. The van der Waals surface area contributed by atoms with E-state index in [1.54, 1.807) is 0 Å². The van der Waals surface area contributed by atoms with E-state index < -0.39 is 27.4 Å². The summed E-state index contributed by atoms with van der Waals surface area (Å²) in [6.07, 6.45) is -1.60. The van der Waals surface area contributed by atoms with Gasteiger partial charge in [-0.05, 0) is 44.9 Å². The fourth-order valence-corrected chi connectivity index (χ4v) is 6.02. The lowest BCUT2D eigenvalue weighted by Gasteiger charge is -2.31. The predicted octanol–water partition coefficient (Wildman–Crippen LogP) is 3.19. The molecule has 1 unspecified atom stereocenters. The van der Waals surface area contributed by atoms with Crippen molar-refractivity contribution in [2.45, 2.75) is 68.2 Å². The molecule has 0 aromatic carbocycles. The molecule has 0 radical (unpaired) electrons.